The zero-order chi connectivity index (χ0) is 13.9. The van der Waals surface area contributed by atoms with Crippen molar-refractivity contribution in [2.45, 2.75) is 25.3 Å². The molecule has 2 N–H and O–H groups in total. The van der Waals surface area contributed by atoms with Gasteiger partial charge in [-0.3, -0.25) is 0 Å². The fourth-order valence-corrected chi connectivity index (χ4v) is 3.08. The molecule has 2 aliphatic rings. The molecule has 1 heterocycles. The summed E-state index contributed by atoms with van der Waals surface area (Å²) in [5, 5.41) is 12.7. The Kier molecular flexibility index (Phi) is 4.44. The van der Waals surface area contributed by atoms with Crippen molar-refractivity contribution in [1.82, 2.24) is 5.32 Å². The van der Waals surface area contributed by atoms with Gasteiger partial charge in [0.25, 0.3) is 0 Å². The van der Waals surface area contributed by atoms with Crippen molar-refractivity contribution in [3.8, 4) is 5.75 Å². The van der Waals surface area contributed by atoms with Gasteiger partial charge in [-0.1, -0.05) is 15.9 Å². The number of halogens is 1. The van der Waals surface area contributed by atoms with Crippen molar-refractivity contribution in [2.75, 3.05) is 19.8 Å². The molecule has 0 bridgehead atoms. The molecule has 20 heavy (non-hydrogen) atoms. The van der Waals surface area contributed by atoms with Crippen LogP contribution in [0.5, 0.6) is 5.75 Å². The average Bonchev–Trinajstić information content (AvgIpc) is 3.27. The van der Waals surface area contributed by atoms with Gasteiger partial charge in [0.1, 0.15) is 12.4 Å². The Hall–Kier alpha value is -0.840. The number of fused-ring (bicyclic) bond motifs is 1. The highest BCUT2D eigenvalue weighted by molar-refractivity contribution is 9.10. The summed E-state index contributed by atoms with van der Waals surface area (Å²) in [6, 6.07) is 6.53. The van der Waals surface area contributed by atoms with E-state index in [9.17, 15) is 0 Å². The van der Waals surface area contributed by atoms with Gasteiger partial charge in [-0.25, -0.2) is 0 Å². The third kappa shape index (κ3) is 3.43. The number of ether oxygens (including phenoxy) is 1. The molecule has 0 saturated heterocycles. The number of aliphatic hydroxyl groups is 1. The highest BCUT2D eigenvalue weighted by Crippen LogP contribution is 2.34. The Bertz CT molecular complexity index is 511. The van der Waals surface area contributed by atoms with E-state index in [1.54, 1.807) is 0 Å². The summed E-state index contributed by atoms with van der Waals surface area (Å²) >= 11 is 3.49. The molecule has 0 radical (unpaired) electrons. The Labute approximate surface area is 128 Å². The molecule has 1 atom stereocenters. The lowest BCUT2D eigenvalue weighted by Crippen LogP contribution is -2.34. The minimum absolute atomic E-state index is 0.263. The summed E-state index contributed by atoms with van der Waals surface area (Å²) < 4.78 is 6.85. The lowest BCUT2D eigenvalue weighted by atomic mass is 10.1. The molecular weight excluding hydrogens is 318 g/mol. The number of nitrogens with one attached hydrogen (secondary N) is 1. The Morgan fingerprint density at radius 3 is 3.00 bits per heavy atom. The summed E-state index contributed by atoms with van der Waals surface area (Å²) in [6.07, 6.45) is 5.65. The molecule has 0 amide bonds. The molecule has 1 saturated carbocycles. The summed E-state index contributed by atoms with van der Waals surface area (Å²) in [7, 11) is 0. The van der Waals surface area contributed by atoms with Crippen molar-refractivity contribution >= 4 is 22.0 Å². The van der Waals surface area contributed by atoms with Gasteiger partial charge in [-0.15, -0.1) is 0 Å². The van der Waals surface area contributed by atoms with Crippen LogP contribution in [0.3, 0.4) is 0 Å². The maximum Gasteiger partial charge on any atom is 0.127 e. The second-order valence-electron chi connectivity index (χ2n) is 5.61. The van der Waals surface area contributed by atoms with E-state index in [-0.39, 0.29) is 6.61 Å². The first-order chi connectivity index (χ1) is 9.76. The van der Waals surface area contributed by atoms with Gasteiger partial charge in [-0.2, -0.15) is 0 Å². The number of aliphatic hydroxyl groups excluding tert-OH is 1. The predicted octanol–water partition coefficient (Wildman–Crippen LogP) is 2.98. The van der Waals surface area contributed by atoms with E-state index in [1.165, 1.54) is 18.4 Å². The predicted molar refractivity (Wildman–Crippen MR) is 83.8 cm³/mol. The topological polar surface area (TPSA) is 41.5 Å². The van der Waals surface area contributed by atoms with Crippen molar-refractivity contribution in [3.63, 3.8) is 0 Å². The van der Waals surface area contributed by atoms with Gasteiger partial charge in [0, 0.05) is 29.2 Å². The van der Waals surface area contributed by atoms with E-state index < -0.39 is 0 Å². The molecule has 1 fully saturated rings. The molecule has 4 heteroatoms. The van der Waals surface area contributed by atoms with E-state index in [0.717, 1.165) is 34.7 Å². The quantitative estimate of drug-likeness (QED) is 0.838. The van der Waals surface area contributed by atoms with Crippen molar-refractivity contribution < 1.29 is 9.84 Å². The van der Waals surface area contributed by atoms with Gasteiger partial charge >= 0.3 is 0 Å². The number of rotatable bonds is 6. The van der Waals surface area contributed by atoms with E-state index in [1.807, 2.05) is 12.1 Å². The standard InChI is InChI=1S/C16H20BrNO2/c17-14-3-4-16-13(8-14)7-11(10-20-16)9-18-15(5-6-19)12-1-2-12/h3-4,7-8,12,15,18-19H,1-2,5-6,9-10H2. The maximum atomic E-state index is 9.13. The summed E-state index contributed by atoms with van der Waals surface area (Å²) in [6.45, 7) is 1.75. The van der Waals surface area contributed by atoms with Crippen LogP contribution in [0, 0.1) is 5.92 Å². The summed E-state index contributed by atoms with van der Waals surface area (Å²) in [5.74, 6) is 1.71. The summed E-state index contributed by atoms with van der Waals surface area (Å²) in [4.78, 5) is 0. The van der Waals surface area contributed by atoms with Gasteiger partial charge in [0.15, 0.2) is 0 Å². The van der Waals surface area contributed by atoms with Gasteiger partial charge in [0.2, 0.25) is 0 Å². The smallest absolute Gasteiger partial charge is 0.127 e. The van der Waals surface area contributed by atoms with Gasteiger partial charge in [0.05, 0.1) is 0 Å². The molecule has 1 aliphatic carbocycles. The Balaban J connectivity index is 1.63. The molecule has 3 nitrogen and oxygen atoms in total. The van der Waals surface area contributed by atoms with Crippen molar-refractivity contribution in [3.05, 3.63) is 33.8 Å². The van der Waals surface area contributed by atoms with E-state index in [4.69, 9.17) is 9.84 Å². The lowest BCUT2D eigenvalue weighted by molar-refractivity contribution is 0.257. The van der Waals surface area contributed by atoms with Crippen molar-refractivity contribution in [2.24, 2.45) is 5.92 Å². The second kappa shape index (κ2) is 6.29. The molecule has 1 aromatic rings. The fraction of sp³-hybridized carbons (Fsp3) is 0.500. The van der Waals surface area contributed by atoms with Crippen LogP contribution in [0.15, 0.2) is 28.2 Å². The second-order valence-corrected chi connectivity index (χ2v) is 6.53. The zero-order valence-corrected chi connectivity index (χ0v) is 13.0. The van der Waals surface area contributed by atoms with Crippen LogP contribution in [0.25, 0.3) is 6.08 Å². The molecule has 1 unspecified atom stereocenters. The van der Waals surface area contributed by atoms with Crippen LogP contribution < -0.4 is 10.1 Å². The third-order valence-corrected chi connectivity index (χ3v) is 4.46. The first kappa shape index (κ1) is 14.1. The molecule has 108 valence electrons. The average molecular weight is 338 g/mol. The van der Waals surface area contributed by atoms with Crippen LogP contribution in [0.2, 0.25) is 0 Å². The minimum Gasteiger partial charge on any atom is -0.489 e. The molecule has 1 aliphatic heterocycles. The number of hydrogen-bond donors (Lipinski definition) is 2. The highest BCUT2D eigenvalue weighted by Gasteiger charge is 2.30. The minimum atomic E-state index is 0.263. The van der Waals surface area contributed by atoms with Crippen molar-refractivity contribution in [1.29, 1.82) is 0 Å². The van der Waals surface area contributed by atoms with Crippen LogP contribution >= 0.6 is 15.9 Å². The highest BCUT2D eigenvalue weighted by atomic mass is 79.9. The maximum absolute atomic E-state index is 9.13. The van der Waals surface area contributed by atoms with E-state index in [2.05, 4.69) is 33.4 Å². The van der Waals surface area contributed by atoms with Crippen LogP contribution in [-0.2, 0) is 0 Å². The first-order valence-electron chi connectivity index (χ1n) is 7.22. The van der Waals surface area contributed by atoms with Gasteiger partial charge in [-0.05, 0) is 55.0 Å². The third-order valence-electron chi connectivity index (χ3n) is 3.97. The molecule has 1 aromatic carbocycles. The van der Waals surface area contributed by atoms with Crippen LogP contribution in [0.1, 0.15) is 24.8 Å². The lowest BCUT2D eigenvalue weighted by Gasteiger charge is -2.22. The molecular formula is C16H20BrNO2. The fourth-order valence-electron chi connectivity index (χ4n) is 2.70. The summed E-state index contributed by atoms with van der Waals surface area (Å²) in [5.41, 5.74) is 2.40. The first-order valence-corrected chi connectivity index (χ1v) is 8.01. The van der Waals surface area contributed by atoms with E-state index in [0.29, 0.717) is 12.6 Å². The SMILES string of the molecule is OCCC(NCC1=Cc2cc(Br)ccc2OC1)C1CC1. The Morgan fingerprint density at radius 1 is 1.40 bits per heavy atom. The van der Waals surface area contributed by atoms with E-state index >= 15 is 0 Å². The van der Waals surface area contributed by atoms with Gasteiger partial charge < -0.3 is 15.2 Å². The van der Waals surface area contributed by atoms with Crippen LogP contribution in [-0.4, -0.2) is 30.9 Å². The number of benzene rings is 1. The zero-order valence-electron chi connectivity index (χ0n) is 11.4. The normalized spacial score (nSPS) is 19.0. The number of hydrogen-bond acceptors (Lipinski definition) is 3. The molecule has 3 rings (SSSR count). The molecule has 0 spiro atoms. The molecule has 0 aromatic heterocycles. The monoisotopic (exact) mass is 337 g/mol. The largest absolute Gasteiger partial charge is 0.489 e. The van der Waals surface area contributed by atoms with Crippen LogP contribution in [0.4, 0.5) is 0 Å². The Morgan fingerprint density at radius 2 is 2.25 bits per heavy atom.